The highest BCUT2D eigenvalue weighted by Crippen LogP contribution is 2.22. The summed E-state index contributed by atoms with van der Waals surface area (Å²) in [5, 5.41) is 19.2. The van der Waals surface area contributed by atoms with Crippen molar-refractivity contribution in [2.24, 2.45) is 0 Å². The molecule has 4 heteroatoms. The number of hydrogen-bond donors (Lipinski definition) is 2. The lowest BCUT2D eigenvalue weighted by Gasteiger charge is -2.11. The second-order valence-electron chi connectivity index (χ2n) is 4.30. The van der Waals surface area contributed by atoms with E-state index in [2.05, 4.69) is 0 Å². The summed E-state index contributed by atoms with van der Waals surface area (Å²) in [6.45, 7) is 1.82. The lowest BCUT2D eigenvalue weighted by molar-refractivity contribution is -0.0429. The van der Waals surface area contributed by atoms with Gasteiger partial charge >= 0.3 is 0 Å². The topological polar surface area (TPSA) is 57.5 Å². The molecule has 0 unspecified atom stereocenters. The van der Waals surface area contributed by atoms with Gasteiger partial charge in [0.25, 0.3) is 0 Å². The predicted molar refractivity (Wildman–Crippen MR) is 73.2 cm³/mol. The molecule has 2 N–H and O–H groups in total. The second kappa shape index (κ2) is 5.53. The van der Waals surface area contributed by atoms with Crippen molar-refractivity contribution in [1.29, 1.82) is 0 Å². The molecule has 0 heterocycles. The lowest BCUT2D eigenvalue weighted by atomic mass is 9.96. The molecule has 0 fully saturated rings. The van der Waals surface area contributed by atoms with Gasteiger partial charge in [-0.05, 0) is 31.2 Å². The van der Waals surface area contributed by atoms with E-state index in [4.69, 9.17) is 11.6 Å². The van der Waals surface area contributed by atoms with Crippen molar-refractivity contribution >= 4 is 17.4 Å². The number of aliphatic hydroxyl groups excluding tert-OH is 1. The van der Waals surface area contributed by atoms with Crippen LogP contribution < -0.4 is 0 Å². The maximum absolute atomic E-state index is 12.3. The molecule has 0 aromatic heterocycles. The second-order valence-corrected chi connectivity index (χ2v) is 4.74. The fourth-order valence-corrected chi connectivity index (χ4v) is 1.99. The smallest absolute Gasteiger partial charge is 0.193 e. The first-order valence-electron chi connectivity index (χ1n) is 5.76. The molecule has 2 rings (SSSR count). The first kappa shape index (κ1) is 13.7. The molecule has 0 saturated carbocycles. The van der Waals surface area contributed by atoms with Crippen LogP contribution in [0.5, 0.6) is 0 Å². The zero-order chi connectivity index (χ0) is 14.0. The van der Waals surface area contributed by atoms with Gasteiger partial charge in [-0.2, -0.15) is 0 Å². The molecule has 0 radical (unpaired) electrons. The van der Waals surface area contributed by atoms with E-state index in [-0.39, 0.29) is 16.9 Å². The summed E-state index contributed by atoms with van der Waals surface area (Å²) in [6, 6.07) is 11.4. The molecule has 19 heavy (non-hydrogen) atoms. The summed E-state index contributed by atoms with van der Waals surface area (Å²) in [6.07, 6.45) is -1.67. The first-order chi connectivity index (χ1) is 8.99. The Morgan fingerprint density at radius 2 is 1.74 bits per heavy atom. The quantitative estimate of drug-likeness (QED) is 0.669. The van der Waals surface area contributed by atoms with E-state index in [0.29, 0.717) is 10.6 Å². The number of halogens is 1. The van der Waals surface area contributed by atoms with Crippen LogP contribution in [-0.4, -0.2) is 16.0 Å². The number of rotatable bonds is 3. The molecule has 0 atom stereocenters. The Hall–Kier alpha value is -1.68. The Kier molecular flexibility index (Phi) is 4.00. The van der Waals surface area contributed by atoms with Crippen molar-refractivity contribution in [3.8, 4) is 0 Å². The number of benzene rings is 2. The van der Waals surface area contributed by atoms with Crippen LogP contribution in [0.25, 0.3) is 0 Å². The maximum atomic E-state index is 12.3. The molecule has 98 valence electrons. The Morgan fingerprint density at radius 3 is 2.32 bits per heavy atom. The SMILES string of the molecule is Cc1ccc(C(=O)c2ccc(Cl)cc2)c(C(O)O)c1. The summed E-state index contributed by atoms with van der Waals surface area (Å²) in [7, 11) is 0. The third-order valence-electron chi connectivity index (χ3n) is 2.84. The normalized spacial score (nSPS) is 10.8. The molecule has 0 bridgehead atoms. The molecule has 2 aromatic rings. The Bertz CT molecular complexity index is 603. The number of carbonyl (C=O) groups excluding carboxylic acids is 1. The largest absolute Gasteiger partial charge is 0.364 e. The third kappa shape index (κ3) is 3.01. The maximum Gasteiger partial charge on any atom is 0.193 e. The number of carbonyl (C=O) groups is 1. The molecule has 0 saturated heterocycles. The number of ketones is 1. The van der Waals surface area contributed by atoms with Crippen molar-refractivity contribution < 1.29 is 15.0 Å². The fourth-order valence-electron chi connectivity index (χ4n) is 1.86. The van der Waals surface area contributed by atoms with Crippen LogP contribution in [0.4, 0.5) is 0 Å². The zero-order valence-corrected chi connectivity index (χ0v) is 11.1. The number of aryl methyl sites for hydroxylation is 1. The molecular formula is C15H13ClO3. The minimum Gasteiger partial charge on any atom is -0.364 e. The van der Waals surface area contributed by atoms with E-state index < -0.39 is 6.29 Å². The van der Waals surface area contributed by atoms with E-state index in [1.807, 2.05) is 6.92 Å². The Balaban J connectivity index is 2.46. The predicted octanol–water partition coefficient (Wildman–Crippen LogP) is 2.86. The van der Waals surface area contributed by atoms with Gasteiger partial charge < -0.3 is 10.2 Å². The van der Waals surface area contributed by atoms with Crippen LogP contribution >= 0.6 is 11.6 Å². The average Bonchev–Trinajstić information content (AvgIpc) is 2.38. The number of hydrogen-bond acceptors (Lipinski definition) is 3. The van der Waals surface area contributed by atoms with Crippen LogP contribution in [0.15, 0.2) is 42.5 Å². The van der Waals surface area contributed by atoms with Crippen LogP contribution in [0.3, 0.4) is 0 Å². The van der Waals surface area contributed by atoms with Gasteiger partial charge in [0.05, 0.1) is 0 Å². The fraction of sp³-hybridized carbons (Fsp3) is 0.133. The Morgan fingerprint density at radius 1 is 1.11 bits per heavy atom. The van der Waals surface area contributed by atoms with E-state index >= 15 is 0 Å². The minimum atomic E-state index is -1.67. The first-order valence-corrected chi connectivity index (χ1v) is 6.14. The third-order valence-corrected chi connectivity index (χ3v) is 3.09. The molecular weight excluding hydrogens is 264 g/mol. The van der Waals surface area contributed by atoms with Crippen LogP contribution in [0.1, 0.15) is 33.3 Å². The van der Waals surface area contributed by atoms with Gasteiger partial charge in [0.2, 0.25) is 0 Å². The average molecular weight is 277 g/mol. The van der Waals surface area contributed by atoms with Crippen molar-refractivity contribution in [2.45, 2.75) is 13.2 Å². The minimum absolute atomic E-state index is 0.208. The molecule has 0 aliphatic heterocycles. The summed E-state index contributed by atoms with van der Waals surface area (Å²) in [4.78, 5) is 12.3. The van der Waals surface area contributed by atoms with Crippen molar-refractivity contribution in [2.75, 3.05) is 0 Å². The highest BCUT2D eigenvalue weighted by atomic mass is 35.5. The van der Waals surface area contributed by atoms with E-state index in [1.54, 1.807) is 42.5 Å². The van der Waals surface area contributed by atoms with E-state index in [0.717, 1.165) is 5.56 Å². The molecule has 2 aromatic carbocycles. The highest BCUT2D eigenvalue weighted by molar-refractivity contribution is 6.30. The van der Waals surface area contributed by atoms with Crippen LogP contribution in [0, 0.1) is 6.92 Å². The van der Waals surface area contributed by atoms with Gasteiger partial charge in [-0.15, -0.1) is 0 Å². The van der Waals surface area contributed by atoms with Crippen LogP contribution in [0.2, 0.25) is 5.02 Å². The summed E-state index contributed by atoms with van der Waals surface area (Å²) in [5.74, 6) is -0.264. The molecule has 0 amide bonds. The van der Waals surface area contributed by atoms with Gasteiger partial charge in [-0.3, -0.25) is 4.79 Å². The standard InChI is InChI=1S/C15H13ClO3/c1-9-2-7-12(13(8-9)15(18)19)14(17)10-3-5-11(16)6-4-10/h2-8,15,18-19H,1H3. The lowest BCUT2D eigenvalue weighted by Crippen LogP contribution is -2.09. The summed E-state index contributed by atoms with van der Waals surface area (Å²) < 4.78 is 0. The highest BCUT2D eigenvalue weighted by Gasteiger charge is 2.17. The van der Waals surface area contributed by atoms with Crippen LogP contribution in [-0.2, 0) is 0 Å². The van der Waals surface area contributed by atoms with Gasteiger partial charge in [0, 0.05) is 21.7 Å². The van der Waals surface area contributed by atoms with Gasteiger partial charge in [0.15, 0.2) is 12.1 Å². The Labute approximate surface area is 116 Å². The van der Waals surface area contributed by atoms with Gasteiger partial charge in [-0.1, -0.05) is 35.4 Å². The summed E-state index contributed by atoms with van der Waals surface area (Å²) in [5.41, 5.74) is 1.80. The van der Waals surface area contributed by atoms with Crippen molar-refractivity contribution in [3.05, 3.63) is 69.7 Å². The van der Waals surface area contributed by atoms with Gasteiger partial charge in [0.1, 0.15) is 0 Å². The van der Waals surface area contributed by atoms with E-state index in [1.165, 1.54) is 0 Å². The monoisotopic (exact) mass is 276 g/mol. The van der Waals surface area contributed by atoms with Gasteiger partial charge in [-0.25, -0.2) is 0 Å². The van der Waals surface area contributed by atoms with Crippen molar-refractivity contribution in [3.63, 3.8) is 0 Å². The summed E-state index contributed by atoms with van der Waals surface area (Å²) >= 11 is 5.77. The molecule has 0 spiro atoms. The van der Waals surface area contributed by atoms with E-state index in [9.17, 15) is 15.0 Å². The molecule has 0 aliphatic rings. The molecule has 0 aliphatic carbocycles. The molecule has 3 nitrogen and oxygen atoms in total. The zero-order valence-electron chi connectivity index (χ0n) is 10.3. The number of aliphatic hydroxyl groups is 2. The van der Waals surface area contributed by atoms with Crippen molar-refractivity contribution in [1.82, 2.24) is 0 Å².